The highest BCUT2D eigenvalue weighted by Crippen LogP contribution is 2.46. The number of halogens is 3. The minimum Gasteiger partial charge on any atom is -0.489 e. The van der Waals surface area contributed by atoms with Crippen molar-refractivity contribution in [3.05, 3.63) is 39.4 Å². The van der Waals surface area contributed by atoms with Crippen molar-refractivity contribution in [2.45, 2.75) is 70.8 Å². The summed E-state index contributed by atoms with van der Waals surface area (Å²) in [5.74, 6) is 0.461. The maximum absolute atomic E-state index is 13.2. The molecule has 1 N–H and O–H groups in total. The summed E-state index contributed by atoms with van der Waals surface area (Å²) in [6.45, 7) is 16.2. The Kier molecular flexibility index (Phi) is 10.2. The second kappa shape index (κ2) is 11.8. The molecule has 1 amide bonds. The fraction of sp³-hybridized carbons (Fsp3) is 0.625. The first-order chi connectivity index (χ1) is 15.7. The van der Waals surface area contributed by atoms with Gasteiger partial charge in [0, 0.05) is 24.7 Å². The molecule has 0 aliphatic carbocycles. The fourth-order valence-electron chi connectivity index (χ4n) is 3.57. The molecule has 1 aromatic rings. The fourth-order valence-corrected chi connectivity index (χ4v) is 5.18. The molecule has 1 fully saturated rings. The van der Waals surface area contributed by atoms with Crippen LogP contribution in [0.1, 0.15) is 66.0 Å². The van der Waals surface area contributed by atoms with E-state index in [2.05, 4.69) is 11.3 Å². The van der Waals surface area contributed by atoms with Crippen LogP contribution in [0, 0.1) is 5.92 Å². The van der Waals surface area contributed by atoms with Crippen LogP contribution in [-0.4, -0.2) is 45.2 Å². The number of nitrogens with one attached hydrogen (secondary N) is 1. The molecule has 192 valence electrons. The molecule has 0 radical (unpaired) electrons. The molecule has 1 aromatic carbocycles. The van der Waals surface area contributed by atoms with Crippen molar-refractivity contribution in [2.24, 2.45) is 5.92 Å². The van der Waals surface area contributed by atoms with Crippen LogP contribution >= 0.6 is 34.8 Å². The second-order valence-corrected chi connectivity index (χ2v) is 13.4. The molecule has 1 aliphatic rings. The number of rotatable bonds is 7. The van der Waals surface area contributed by atoms with Gasteiger partial charge in [0.1, 0.15) is 18.0 Å². The summed E-state index contributed by atoms with van der Waals surface area (Å²) in [4.78, 5) is 14.2. The van der Waals surface area contributed by atoms with E-state index in [1.807, 2.05) is 41.5 Å². The Morgan fingerprint density at radius 1 is 1.21 bits per heavy atom. The Balaban J connectivity index is 2.41. The highest BCUT2D eigenvalue weighted by atomic mass is 35.5. The first-order valence-electron chi connectivity index (χ1n) is 11.2. The Hall–Kier alpha value is -0.990. The van der Waals surface area contributed by atoms with Gasteiger partial charge >= 0.3 is 6.09 Å². The van der Waals surface area contributed by atoms with Crippen molar-refractivity contribution in [1.29, 1.82) is 0 Å². The van der Waals surface area contributed by atoms with Crippen molar-refractivity contribution < 1.29 is 18.5 Å². The molecule has 2 rings (SSSR count). The molecule has 1 heterocycles. The Morgan fingerprint density at radius 3 is 2.29 bits per heavy atom. The van der Waals surface area contributed by atoms with Crippen LogP contribution in [0.2, 0.25) is 15.1 Å². The number of ether oxygens (including phenoxy) is 2. The van der Waals surface area contributed by atoms with Gasteiger partial charge in [0.05, 0.1) is 36.8 Å². The topological polar surface area (TPSA) is 67.9 Å². The lowest BCUT2D eigenvalue weighted by Gasteiger charge is -2.38. The first kappa shape index (κ1) is 29.2. The lowest BCUT2D eigenvalue weighted by atomic mass is 9.85. The molecule has 0 aromatic heterocycles. The van der Waals surface area contributed by atoms with Crippen LogP contribution in [0.3, 0.4) is 0 Å². The molecule has 0 spiro atoms. The standard InChI is InChI=1S/C24H35Cl3N2O4S/c1-8-13-32-17-14-16(25)19(26)20(27)18(17)21(28-34(31)24(5,6)7)15-9-11-29(12-10-15)22(30)33-23(2,3)4/h8,14-15,21,28H,1,9-13H2,2-7H3/t21-,34-/m1/s1. The number of amides is 1. The van der Waals surface area contributed by atoms with E-state index >= 15 is 0 Å². The van der Waals surface area contributed by atoms with E-state index in [-0.39, 0.29) is 33.7 Å². The SMILES string of the molecule is C=CCOc1cc(Cl)c(Cl)c(Cl)c1[C@H](N[S@](=O)C(C)(C)C)C1CCN(C(=O)OC(C)(C)C)CC1. The normalized spacial score (nSPS) is 17.3. The summed E-state index contributed by atoms with van der Waals surface area (Å²) >= 11 is 19.4. The third-order valence-electron chi connectivity index (χ3n) is 5.28. The van der Waals surface area contributed by atoms with Gasteiger partial charge < -0.3 is 14.4 Å². The number of nitrogens with zero attached hydrogens (tertiary/aromatic N) is 1. The molecular formula is C24H35Cl3N2O4S. The summed E-state index contributed by atoms with van der Waals surface area (Å²) in [7, 11) is -1.40. The molecule has 0 bridgehead atoms. The van der Waals surface area contributed by atoms with Gasteiger partial charge in [-0.05, 0) is 60.3 Å². The zero-order valence-corrected chi connectivity index (χ0v) is 23.8. The Morgan fingerprint density at radius 2 is 1.79 bits per heavy atom. The summed E-state index contributed by atoms with van der Waals surface area (Å²) in [5, 5.41) is 0.736. The minimum atomic E-state index is -1.40. The summed E-state index contributed by atoms with van der Waals surface area (Å²) in [6, 6.07) is 1.18. The Bertz CT molecular complexity index is 920. The van der Waals surface area contributed by atoms with E-state index in [1.165, 1.54) is 0 Å². The third kappa shape index (κ3) is 7.76. The molecule has 6 nitrogen and oxygen atoms in total. The average molecular weight is 554 g/mol. The highest BCUT2D eigenvalue weighted by molar-refractivity contribution is 7.84. The number of carbonyl (C=O) groups excluding carboxylic acids is 1. The predicted octanol–water partition coefficient (Wildman–Crippen LogP) is 6.95. The third-order valence-corrected chi connectivity index (χ3v) is 8.14. The van der Waals surface area contributed by atoms with Crippen LogP contribution in [0.25, 0.3) is 0 Å². The lowest BCUT2D eigenvalue weighted by Crippen LogP contribution is -2.45. The van der Waals surface area contributed by atoms with Gasteiger partial charge in [0.2, 0.25) is 0 Å². The summed E-state index contributed by atoms with van der Waals surface area (Å²) < 4.78 is 27.3. The molecule has 34 heavy (non-hydrogen) atoms. The number of hydrogen-bond donors (Lipinski definition) is 1. The van der Waals surface area contributed by atoms with E-state index in [4.69, 9.17) is 44.3 Å². The number of hydrogen-bond acceptors (Lipinski definition) is 4. The maximum Gasteiger partial charge on any atom is 0.410 e. The van der Waals surface area contributed by atoms with Gasteiger partial charge in [-0.1, -0.05) is 47.5 Å². The van der Waals surface area contributed by atoms with E-state index in [0.717, 1.165) is 0 Å². The van der Waals surface area contributed by atoms with Gasteiger partial charge in [-0.2, -0.15) is 0 Å². The van der Waals surface area contributed by atoms with Crippen LogP contribution < -0.4 is 9.46 Å². The van der Waals surface area contributed by atoms with Gasteiger partial charge in [0.25, 0.3) is 0 Å². The van der Waals surface area contributed by atoms with E-state index in [9.17, 15) is 9.00 Å². The quantitative estimate of drug-likeness (QED) is 0.293. The van der Waals surface area contributed by atoms with Gasteiger partial charge in [-0.15, -0.1) is 0 Å². The summed E-state index contributed by atoms with van der Waals surface area (Å²) in [6.07, 6.45) is 2.58. The molecule has 1 aliphatic heterocycles. The molecule has 1 saturated heterocycles. The largest absolute Gasteiger partial charge is 0.489 e. The number of carbonyl (C=O) groups is 1. The zero-order chi connectivity index (χ0) is 25.8. The van der Waals surface area contributed by atoms with Gasteiger partial charge in [-0.3, -0.25) is 0 Å². The zero-order valence-electron chi connectivity index (χ0n) is 20.7. The molecular weight excluding hydrogens is 519 g/mol. The van der Waals surface area contributed by atoms with Crippen LogP contribution in [0.5, 0.6) is 5.75 Å². The molecule has 0 unspecified atom stereocenters. The van der Waals surface area contributed by atoms with Crippen LogP contribution in [-0.2, 0) is 15.7 Å². The number of benzene rings is 1. The van der Waals surface area contributed by atoms with Crippen molar-refractivity contribution >= 4 is 51.9 Å². The second-order valence-electron chi connectivity index (χ2n) is 10.3. The van der Waals surface area contributed by atoms with E-state index in [1.54, 1.807) is 17.0 Å². The molecule has 10 heteroatoms. The van der Waals surface area contributed by atoms with Gasteiger partial charge in [0.15, 0.2) is 0 Å². The number of piperidine rings is 1. The van der Waals surface area contributed by atoms with Crippen LogP contribution in [0.15, 0.2) is 18.7 Å². The maximum atomic E-state index is 13.2. The smallest absolute Gasteiger partial charge is 0.410 e. The van der Waals surface area contributed by atoms with Crippen molar-refractivity contribution in [2.75, 3.05) is 19.7 Å². The number of likely N-dealkylation sites (tertiary alicyclic amines) is 1. The molecule has 2 atom stereocenters. The summed E-state index contributed by atoms with van der Waals surface area (Å²) in [5.41, 5.74) is 0.0401. The highest BCUT2D eigenvalue weighted by Gasteiger charge is 2.37. The van der Waals surface area contributed by atoms with E-state index < -0.39 is 27.4 Å². The van der Waals surface area contributed by atoms with Gasteiger partial charge in [-0.25, -0.2) is 13.7 Å². The van der Waals surface area contributed by atoms with Crippen molar-refractivity contribution in [1.82, 2.24) is 9.62 Å². The van der Waals surface area contributed by atoms with Crippen molar-refractivity contribution in [3.8, 4) is 5.75 Å². The molecule has 0 saturated carbocycles. The van der Waals surface area contributed by atoms with E-state index in [0.29, 0.717) is 37.2 Å². The first-order valence-corrected chi connectivity index (χ1v) is 13.5. The Labute approximate surface area is 220 Å². The van der Waals surface area contributed by atoms with Crippen LogP contribution in [0.4, 0.5) is 4.79 Å². The predicted molar refractivity (Wildman–Crippen MR) is 141 cm³/mol. The average Bonchev–Trinajstić information content (AvgIpc) is 2.73. The minimum absolute atomic E-state index is 0.00538. The lowest BCUT2D eigenvalue weighted by molar-refractivity contribution is 0.0171. The monoisotopic (exact) mass is 552 g/mol. The van der Waals surface area contributed by atoms with Crippen molar-refractivity contribution in [3.63, 3.8) is 0 Å².